The maximum atomic E-state index is 12.6. The third-order valence-electron chi connectivity index (χ3n) is 4.07. The number of hydrogen-bond donors (Lipinski definition) is 2. The Morgan fingerprint density at radius 2 is 2.12 bits per heavy atom. The summed E-state index contributed by atoms with van der Waals surface area (Å²) < 4.78 is 5.67. The second-order valence-electron chi connectivity index (χ2n) is 6.61. The van der Waals surface area contributed by atoms with Crippen LogP contribution >= 0.6 is 11.3 Å². The molecule has 0 saturated carbocycles. The summed E-state index contributed by atoms with van der Waals surface area (Å²) in [5, 5.41) is 3.40. The zero-order valence-corrected chi connectivity index (χ0v) is 15.2. The number of nitrogens with two attached hydrogens (primary N) is 1. The Kier molecular flexibility index (Phi) is 5.08. The highest BCUT2D eigenvalue weighted by molar-refractivity contribution is 7.17. The minimum Gasteiger partial charge on any atom is -0.493 e. The van der Waals surface area contributed by atoms with Gasteiger partial charge in [0.15, 0.2) is 0 Å². The number of hydrogen-bond acceptors (Lipinski definition) is 4. The van der Waals surface area contributed by atoms with Crippen LogP contribution in [0.4, 0.5) is 5.00 Å². The van der Waals surface area contributed by atoms with Crippen molar-refractivity contribution < 1.29 is 14.3 Å². The van der Waals surface area contributed by atoms with Crippen LogP contribution in [0.2, 0.25) is 0 Å². The monoisotopic (exact) mass is 358 g/mol. The van der Waals surface area contributed by atoms with Crippen LogP contribution in [0.25, 0.3) is 0 Å². The molecule has 0 fully saturated rings. The first-order valence-electron chi connectivity index (χ1n) is 8.44. The average Bonchev–Trinajstić information content (AvgIpc) is 3.13. The number of carbonyl (C=O) groups excluding carboxylic acids is 2. The first-order chi connectivity index (χ1) is 12.0. The molecule has 0 saturated heterocycles. The topological polar surface area (TPSA) is 81.4 Å². The van der Waals surface area contributed by atoms with Gasteiger partial charge in [0.2, 0.25) is 0 Å². The minimum atomic E-state index is -0.483. The number of anilines is 1. The number of primary amides is 1. The maximum absolute atomic E-state index is 12.6. The van der Waals surface area contributed by atoms with Crippen molar-refractivity contribution in [3.63, 3.8) is 0 Å². The highest BCUT2D eigenvalue weighted by atomic mass is 32.1. The van der Waals surface area contributed by atoms with E-state index in [2.05, 4.69) is 19.2 Å². The Morgan fingerprint density at radius 1 is 1.32 bits per heavy atom. The lowest BCUT2D eigenvalue weighted by atomic mass is 10.1. The van der Waals surface area contributed by atoms with Crippen molar-refractivity contribution in [2.75, 3.05) is 11.9 Å². The van der Waals surface area contributed by atoms with E-state index in [1.54, 1.807) is 18.2 Å². The van der Waals surface area contributed by atoms with E-state index in [4.69, 9.17) is 10.5 Å². The first-order valence-corrected chi connectivity index (χ1v) is 9.26. The molecule has 3 rings (SSSR count). The van der Waals surface area contributed by atoms with Gasteiger partial charge in [-0.25, -0.2) is 0 Å². The molecule has 0 spiro atoms. The fourth-order valence-corrected chi connectivity index (χ4v) is 4.21. The number of rotatable bonds is 6. The molecule has 0 atom stereocenters. The molecule has 132 valence electrons. The molecule has 25 heavy (non-hydrogen) atoms. The van der Waals surface area contributed by atoms with E-state index >= 15 is 0 Å². The number of carbonyl (C=O) groups is 2. The van der Waals surface area contributed by atoms with Crippen molar-refractivity contribution in [1.82, 2.24) is 0 Å². The van der Waals surface area contributed by atoms with Gasteiger partial charge in [0, 0.05) is 10.4 Å². The van der Waals surface area contributed by atoms with Gasteiger partial charge in [-0.05, 0) is 48.9 Å². The smallest absolute Gasteiger partial charge is 0.256 e. The Hall–Kier alpha value is -2.34. The molecular weight excluding hydrogens is 336 g/mol. The van der Waals surface area contributed by atoms with E-state index in [-0.39, 0.29) is 5.91 Å². The number of fused-ring (bicyclic) bond motifs is 1. The van der Waals surface area contributed by atoms with Gasteiger partial charge in [0.25, 0.3) is 11.8 Å². The van der Waals surface area contributed by atoms with Gasteiger partial charge < -0.3 is 15.8 Å². The Balaban J connectivity index is 1.79. The number of benzene rings is 1. The number of thiophene rings is 1. The van der Waals surface area contributed by atoms with Gasteiger partial charge in [0.05, 0.1) is 12.2 Å². The molecule has 0 unspecified atom stereocenters. The molecule has 2 amide bonds. The maximum Gasteiger partial charge on any atom is 0.256 e. The van der Waals surface area contributed by atoms with E-state index in [0.29, 0.717) is 34.4 Å². The van der Waals surface area contributed by atoms with Crippen LogP contribution in [0, 0.1) is 5.92 Å². The summed E-state index contributed by atoms with van der Waals surface area (Å²) in [4.78, 5) is 25.6. The van der Waals surface area contributed by atoms with E-state index in [0.717, 1.165) is 29.7 Å². The zero-order valence-electron chi connectivity index (χ0n) is 14.4. The lowest BCUT2D eigenvalue weighted by Gasteiger charge is -2.10. The standard InChI is InChI=1S/C19H22N2O3S/c1-11(2)10-24-13-6-3-5-12(9-13)18(23)21-19-16(17(20)22)14-7-4-8-15(14)25-19/h3,5-6,9,11H,4,7-8,10H2,1-2H3,(H2,20,22)(H,21,23). The molecule has 3 N–H and O–H groups in total. The summed E-state index contributed by atoms with van der Waals surface area (Å²) in [7, 11) is 0. The Bertz CT molecular complexity index is 811. The molecule has 1 heterocycles. The van der Waals surface area contributed by atoms with Crippen molar-refractivity contribution in [1.29, 1.82) is 0 Å². The molecule has 1 aliphatic rings. The van der Waals surface area contributed by atoms with E-state index in [1.807, 2.05) is 6.07 Å². The first kappa shape index (κ1) is 17.5. The summed E-state index contributed by atoms with van der Waals surface area (Å²) in [5.41, 5.74) is 7.50. The lowest BCUT2D eigenvalue weighted by molar-refractivity contribution is 0.100. The fourth-order valence-electron chi connectivity index (χ4n) is 2.92. The highest BCUT2D eigenvalue weighted by Gasteiger charge is 2.26. The number of ether oxygens (including phenoxy) is 1. The second kappa shape index (κ2) is 7.27. The largest absolute Gasteiger partial charge is 0.493 e. The summed E-state index contributed by atoms with van der Waals surface area (Å²) >= 11 is 1.45. The second-order valence-corrected chi connectivity index (χ2v) is 7.72. The van der Waals surface area contributed by atoms with Gasteiger partial charge in [-0.3, -0.25) is 9.59 Å². The van der Waals surface area contributed by atoms with Crippen LogP contribution < -0.4 is 15.8 Å². The molecule has 6 heteroatoms. The minimum absolute atomic E-state index is 0.266. The molecule has 1 aromatic carbocycles. The summed E-state index contributed by atoms with van der Waals surface area (Å²) in [6.45, 7) is 4.73. The molecule has 0 radical (unpaired) electrons. The molecule has 1 aliphatic carbocycles. The van der Waals surface area contributed by atoms with E-state index in [1.165, 1.54) is 11.3 Å². The third kappa shape index (κ3) is 3.85. The van der Waals surface area contributed by atoms with Crippen LogP contribution in [0.15, 0.2) is 24.3 Å². The molecular formula is C19H22N2O3S. The summed E-state index contributed by atoms with van der Waals surface area (Å²) in [5.74, 6) is 0.315. The van der Waals surface area contributed by atoms with Gasteiger partial charge in [0.1, 0.15) is 10.8 Å². The number of amides is 2. The third-order valence-corrected chi connectivity index (χ3v) is 5.28. The van der Waals surface area contributed by atoms with E-state index < -0.39 is 5.91 Å². The van der Waals surface area contributed by atoms with Crippen LogP contribution in [0.1, 0.15) is 51.4 Å². The number of aryl methyl sites for hydroxylation is 1. The average molecular weight is 358 g/mol. The zero-order chi connectivity index (χ0) is 18.0. The normalized spacial score (nSPS) is 12.9. The van der Waals surface area contributed by atoms with Crippen LogP contribution in [0.3, 0.4) is 0 Å². The molecule has 1 aromatic heterocycles. The summed E-state index contributed by atoms with van der Waals surface area (Å²) in [6, 6.07) is 7.05. The van der Waals surface area contributed by atoms with Crippen molar-refractivity contribution in [3.8, 4) is 5.75 Å². The van der Waals surface area contributed by atoms with E-state index in [9.17, 15) is 9.59 Å². The highest BCUT2D eigenvalue weighted by Crippen LogP contribution is 2.39. The van der Waals surface area contributed by atoms with Gasteiger partial charge in [-0.2, -0.15) is 0 Å². The molecule has 5 nitrogen and oxygen atoms in total. The fraction of sp³-hybridized carbons (Fsp3) is 0.368. The molecule has 0 bridgehead atoms. The van der Waals surface area contributed by atoms with Crippen molar-refractivity contribution in [2.45, 2.75) is 33.1 Å². The SMILES string of the molecule is CC(C)COc1cccc(C(=O)Nc2sc3c(c2C(N)=O)CCC3)c1. The molecule has 2 aromatic rings. The van der Waals surface area contributed by atoms with Gasteiger partial charge in [-0.15, -0.1) is 11.3 Å². The van der Waals surface area contributed by atoms with Crippen molar-refractivity contribution in [2.24, 2.45) is 11.7 Å². The Morgan fingerprint density at radius 3 is 2.84 bits per heavy atom. The van der Waals surface area contributed by atoms with Crippen molar-refractivity contribution in [3.05, 3.63) is 45.8 Å². The summed E-state index contributed by atoms with van der Waals surface area (Å²) in [6.07, 6.45) is 2.82. The predicted molar refractivity (Wildman–Crippen MR) is 99.6 cm³/mol. The quantitative estimate of drug-likeness (QED) is 0.827. The predicted octanol–water partition coefficient (Wildman–Crippen LogP) is 3.62. The van der Waals surface area contributed by atoms with Crippen LogP contribution in [-0.4, -0.2) is 18.4 Å². The van der Waals surface area contributed by atoms with Crippen molar-refractivity contribution >= 4 is 28.2 Å². The Labute approximate surface area is 151 Å². The lowest BCUT2D eigenvalue weighted by Crippen LogP contribution is -2.18. The number of nitrogens with one attached hydrogen (secondary N) is 1. The van der Waals surface area contributed by atoms with Crippen LogP contribution in [-0.2, 0) is 12.8 Å². The van der Waals surface area contributed by atoms with Gasteiger partial charge in [-0.1, -0.05) is 19.9 Å². The van der Waals surface area contributed by atoms with Crippen LogP contribution in [0.5, 0.6) is 5.75 Å². The van der Waals surface area contributed by atoms with Gasteiger partial charge >= 0.3 is 0 Å². The molecule has 0 aliphatic heterocycles.